The molecule has 0 saturated heterocycles. The highest BCUT2D eigenvalue weighted by molar-refractivity contribution is 6.31. The van der Waals surface area contributed by atoms with Crippen LogP contribution in [0.1, 0.15) is 40.7 Å². The number of carbonyl (C=O) groups excluding carboxylic acids is 1. The largest absolute Gasteiger partial charge is 0.349 e. The Morgan fingerprint density at radius 3 is 2.95 bits per heavy atom. The normalized spacial score (nSPS) is 15.1. The van der Waals surface area contributed by atoms with Gasteiger partial charge in [-0.25, -0.2) is 0 Å². The van der Waals surface area contributed by atoms with Crippen LogP contribution < -0.4 is 0 Å². The minimum atomic E-state index is 0.270. The highest BCUT2D eigenvalue weighted by atomic mass is 35.5. The number of halogens is 1. The third kappa shape index (κ3) is 2.56. The summed E-state index contributed by atoms with van der Waals surface area (Å²) in [5.41, 5.74) is 3.09. The lowest BCUT2D eigenvalue weighted by molar-refractivity contribution is 0.0982. The Morgan fingerprint density at radius 1 is 1.26 bits per heavy atom. The molecule has 4 heteroatoms. The number of rotatable bonds is 2. The molecular formula is C15H15ClN2O. The Hall–Kier alpha value is -1.61. The molecule has 0 atom stereocenters. The first kappa shape index (κ1) is 12.4. The molecule has 19 heavy (non-hydrogen) atoms. The molecule has 1 aliphatic carbocycles. The van der Waals surface area contributed by atoms with Gasteiger partial charge in [0.15, 0.2) is 5.78 Å². The van der Waals surface area contributed by atoms with Gasteiger partial charge in [0.05, 0.1) is 5.02 Å². The van der Waals surface area contributed by atoms with Gasteiger partial charge in [-0.15, -0.1) is 0 Å². The minimum Gasteiger partial charge on any atom is -0.349 e. The molecule has 2 heterocycles. The lowest BCUT2D eigenvalue weighted by Gasteiger charge is -2.05. The maximum Gasteiger partial charge on any atom is 0.164 e. The average molecular weight is 275 g/mol. The van der Waals surface area contributed by atoms with Gasteiger partial charge in [0.2, 0.25) is 0 Å². The molecule has 0 saturated carbocycles. The van der Waals surface area contributed by atoms with Crippen LogP contribution in [-0.2, 0) is 13.0 Å². The predicted molar refractivity (Wildman–Crippen MR) is 74.7 cm³/mol. The fourth-order valence-corrected chi connectivity index (χ4v) is 2.74. The lowest BCUT2D eigenvalue weighted by Crippen LogP contribution is -1.99. The number of ketones is 1. The number of aromatic nitrogens is 2. The van der Waals surface area contributed by atoms with Crippen LogP contribution >= 0.6 is 11.6 Å². The predicted octanol–water partition coefficient (Wildman–Crippen LogP) is 3.49. The molecule has 2 aromatic rings. The van der Waals surface area contributed by atoms with Crippen molar-refractivity contribution in [1.82, 2.24) is 9.55 Å². The Balaban J connectivity index is 1.89. The molecule has 3 nitrogen and oxygen atoms in total. The van der Waals surface area contributed by atoms with Crippen molar-refractivity contribution in [2.24, 2.45) is 0 Å². The standard InChI is InChI=1S/C15H15ClN2O/c16-14-7-17-6-5-12(14)9-18-8-11-3-1-2-4-15(19)13(11)10-18/h5-8,10H,1-4,9H2. The second kappa shape index (κ2) is 5.17. The highest BCUT2D eigenvalue weighted by Crippen LogP contribution is 2.23. The summed E-state index contributed by atoms with van der Waals surface area (Å²) in [6.45, 7) is 0.682. The van der Waals surface area contributed by atoms with Crippen LogP contribution in [0.5, 0.6) is 0 Å². The second-order valence-corrected chi connectivity index (χ2v) is 5.37. The van der Waals surface area contributed by atoms with Crippen molar-refractivity contribution in [2.45, 2.75) is 32.2 Å². The molecule has 0 unspecified atom stereocenters. The Labute approximate surface area is 117 Å². The molecule has 0 spiro atoms. The van der Waals surface area contributed by atoms with E-state index in [4.69, 9.17) is 11.6 Å². The number of hydrogen-bond acceptors (Lipinski definition) is 2. The summed E-state index contributed by atoms with van der Waals surface area (Å²) in [4.78, 5) is 16.0. The van der Waals surface area contributed by atoms with Crippen LogP contribution in [0.15, 0.2) is 30.9 Å². The third-order valence-electron chi connectivity index (χ3n) is 3.57. The van der Waals surface area contributed by atoms with Crippen molar-refractivity contribution in [3.63, 3.8) is 0 Å². The average Bonchev–Trinajstić information content (AvgIpc) is 2.73. The van der Waals surface area contributed by atoms with E-state index in [-0.39, 0.29) is 5.78 Å². The first-order valence-electron chi connectivity index (χ1n) is 6.54. The van der Waals surface area contributed by atoms with Gasteiger partial charge in [-0.3, -0.25) is 9.78 Å². The van der Waals surface area contributed by atoms with Gasteiger partial charge >= 0.3 is 0 Å². The van der Waals surface area contributed by atoms with Crippen LogP contribution in [0.4, 0.5) is 0 Å². The van der Waals surface area contributed by atoms with Gasteiger partial charge in [0.1, 0.15) is 0 Å². The van der Waals surface area contributed by atoms with Gasteiger partial charge < -0.3 is 4.57 Å². The zero-order valence-electron chi connectivity index (χ0n) is 10.6. The summed E-state index contributed by atoms with van der Waals surface area (Å²) in [6, 6.07) is 1.91. The molecular weight excluding hydrogens is 260 g/mol. The van der Waals surface area contributed by atoms with Crippen molar-refractivity contribution >= 4 is 17.4 Å². The van der Waals surface area contributed by atoms with Crippen LogP contribution in [-0.4, -0.2) is 15.3 Å². The van der Waals surface area contributed by atoms with E-state index in [9.17, 15) is 4.79 Å². The highest BCUT2D eigenvalue weighted by Gasteiger charge is 2.17. The molecule has 0 bridgehead atoms. The molecule has 98 valence electrons. The van der Waals surface area contributed by atoms with Crippen LogP contribution in [0.3, 0.4) is 0 Å². The van der Waals surface area contributed by atoms with Gasteiger partial charge in [0, 0.05) is 43.3 Å². The third-order valence-corrected chi connectivity index (χ3v) is 3.91. The molecule has 0 aliphatic heterocycles. The number of carbonyl (C=O) groups is 1. The van der Waals surface area contributed by atoms with Gasteiger partial charge in [-0.2, -0.15) is 0 Å². The molecule has 2 aromatic heterocycles. The van der Waals surface area contributed by atoms with E-state index in [1.807, 2.05) is 12.3 Å². The van der Waals surface area contributed by atoms with Gasteiger partial charge in [-0.05, 0) is 36.5 Å². The lowest BCUT2D eigenvalue weighted by atomic mass is 10.1. The van der Waals surface area contributed by atoms with Crippen LogP contribution in [0.25, 0.3) is 0 Å². The van der Waals surface area contributed by atoms with Crippen LogP contribution in [0.2, 0.25) is 5.02 Å². The van der Waals surface area contributed by atoms with E-state index in [0.717, 1.165) is 30.4 Å². The quantitative estimate of drug-likeness (QED) is 0.786. The Bertz CT molecular complexity index is 618. The molecule has 0 aromatic carbocycles. The van der Waals surface area contributed by atoms with E-state index in [1.54, 1.807) is 12.4 Å². The topological polar surface area (TPSA) is 34.9 Å². The van der Waals surface area contributed by atoms with Crippen molar-refractivity contribution in [1.29, 1.82) is 0 Å². The maximum absolute atomic E-state index is 12.0. The number of nitrogens with zero attached hydrogens (tertiary/aromatic N) is 2. The number of hydrogen-bond donors (Lipinski definition) is 0. The fourth-order valence-electron chi connectivity index (χ4n) is 2.56. The van der Waals surface area contributed by atoms with Crippen molar-refractivity contribution in [3.8, 4) is 0 Å². The fraction of sp³-hybridized carbons (Fsp3) is 0.333. The van der Waals surface area contributed by atoms with Gasteiger partial charge in [0.25, 0.3) is 0 Å². The first-order chi connectivity index (χ1) is 9.24. The molecule has 0 radical (unpaired) electrons. The molecule has 0 fully saturated rings. The van der Waals surface area contributed by atoms with E-state index in [0.29, 0.717) is 18.0 Å². The number of aryl methyl sites for hydroxylation is 1. The Kier molecular flexibility index (Phi) is 3.38. The number of fused-ring (bicyclic) bond motifs is 1. The molecule has 3 rings (SSSR count). The van der Waals surface area contributed by atoms with E-state index < -0.39 is 0 Å². The molecule has 0 amide bonds. The molecule has 1 aliphatic rings. The maximum atomic E-state index is 12.0. The first-order valence-corrected chi connectivity index (χ1v) is 6.92. The zero-order valence-corrected chi connectivity index (χ0v) is 11.4. The van der Waals surface area contributed by atoms with Gasteiger partial charge in [-0.1, -0.05) is 11.6 Å². The van der Waals surface area contributed by atoms with Crippen molar-refractivity contribution in [3.05, 3.63) is 52.6 Å². The minimum absolute atomic E-state index is 0.270. The SMILES string of the molecule is O=C1CCCCc2cn(Cc3ccncc3Cl)cc21. The van der Waals surface area contributed by atoms with Crippen molar-refractivity contribution < 1.29 is 4.79 Å². The number of pyridine rings is 1. The summed E-state index contributed by atoms with van der Waals surface area (Å²) in [5, 5.41) is 0.665. The second-order valence-electron chi connectivity index (χ2n) is 4.97. The Morgan fingerprint density at radius 2 is 2.11 bits per heavy atom. The number of Topliss-reactive ketones (excluding diaryl/α,β-unsaturated/α-hetero) is 1. The van der Waals surface area contributed by atoms with Crippen LogP contribution in [0, 0.1) is 0 Å². The van der Waals surface area contributed by atoms with E-state index in [2.05, 4.69) is 15.7 Å². The van der Waals surface area contributed by atoms with E-state index in [1.165, 1.54) is 5.56 Å². The van der Waals surface area contributed by atoms with Crippen molar-refractivity contribution in [2.75, 3.05) is 0 Å². The smallest absolute Gasteiger partial charge is 0.164 e. The summed E-state index contributed by atoms with van der Waals surface area (Å²) in [5.74, 6) is 0.270. The summed E-state index contributed by atoms with van der Waals surface area (Å²) >= 11 is 6.11. The van der Waals surface area contributed by atoms with E-state index >= 15 is 0 Å². The summed E-state index contributed by atoms with van der Waals surface area (Å²) in [7, 11) is 0. The zero-order chi connectivity index (χ0) is 13.2. The monoisotopic (exact) mass is 274 g/mol. The molecule has 0 N–H and O–H groups in total. The summed E-state index contributed by atoms with van der Waals surface area (Å²) in [6.07, 6.45) is 11.2. The summed E-state index contributed by atoms with van der Waals surface area (Å²) < 4.78 is 2.05.